The summed E-state index contributed by atoms with van der Waals surface area (Å²) in [6.07, 6.45) is 5.66. The molecule has 1 aromatic heterocycles. The lowest BCUT2D eigenvalue weighted by molar-refractivity contribution is 0.414. The van der Waals surface area contributed by atoms with Gasteiger partial charge < -0.3 is 10.5 Å². The van der Waals surface area contributed by atoms with Crippen LogP contribution in [0.25, 0.3) is 12.2 Å². The summed E-state index contributed by atoms with van der Waals surface area (Å²) < 4.78 is 5.26. The Labute approximate surface area is 101 Å². The molecule has 1 heterocycles. The van der Waals surface area contributed by atoms with Crippen LogP contribution in [0, 0.1) is 0 Å². The minimum atomic E-state index is 0.692. The van der Waals surface area contributed by atoms with Crippen molar-refractivity contribution in [3.05, 3.63) is 53.9 Å². The summed E-state index contributed by atoms with van der Waals surface area (Å²) in [5, 5.41) is 0. The van der Waals surface area contributed by atoms with Crippen LogP contribution >= 0.6 is 0 Å². The van der Waals surface area contributed by atoms with Crippen LogP contribution in [0.3, 0.4) is 0 Å². The standard InChI is InChI=1S/C14H14N2O/c1-17-14-10-12(15)7-5-11(14)6-8-13-4-2-3-9-16-13/h2-10H,15H2,1H3/b8-6+. The Kier molecular flexibility index (Phi) is 3.40. The number of rotatable bonds is 3. The monoisotopic (exact) mass is 226 g/mol. The minimum Gasteiger partial charge on any atom is -0.496 e. The molecule has 3 nitrogen and oxygen atoms in total. The molecule has 0 saturated carbocycles. The van der Waals surface area contributed by atoms with Crippen molar-refractivity contribution in [2.75, 3.05) is 12.8 Å². The smallest absolute Gasteiger partial charge is 0.128 e. The fraction of sp³-hybridized carbons (Fsp3) is 0.0714. The lowest BCUT2D eigenvalue weighted by Gasteiger charge is -2.05. The van der Waals surface area contributed by atoms with Gasteiger partial charge in [0.05, 0.1) is 12.8 Å². The van der Waals surface area contributed by atoms with Gasteiger partial charge in [0.1, 0.15) is 5.75 Å². The number of hydrogen-bond acceptors (Lipinski definition) is 3. The van der Waals surface area contributed by atoms with Crippen molar-refractivity contribution in [3.63, 3.8) is 0 Å². The first-order valence-electron chi connectivity index (χ1n) is 5.32. The number of benzene rings is 1. The molecule has 0 aliphatic carbocycles. The summed E-state index contributed by atoms with van der Waals surface area (Å²) in [4.78, 5) is 4.21. The molecule has 2 aromatic rings. The van der Waals surface area contributed by atoms with E-state index in [0.29, 0.717) is 5.69 Å². The van der Waals surface area contributed by atoms with Crippen molar-refractivity contribution in [2.45, 2.75) is 0 Å². The van der Waals surface area contributed by atoms with Crippen molar-refractivity contribution in [3.8, 4) is 5.75 Å². The predicted molar refractivity (Wildman–Crippen MR) is 70.6 cm³/mol. The fourth-order valence-electron chi connectivity index (χ4n) is 1.52. The number of nitrogens with zero attached hydrogens (tertiary/aromatic N) is 1. The average Bonchev–Trinajstić information content (AvgIpc) is 2.38. The third-order valence-electron chi connectivity index (χ3n) is 2.38. The van der Waals surface area contributed by atoms with Crippen LogP contribution in [-0.4, -0.2) is 12.1 Å². The van der Waals surface area contributed by atoms with Crippen LogP contribution in [0.5, 0.6) is 5.75 Å². The molecule has 0 amide bonds. The van der Waals surface area contributed by atoms with Gasteiger partial charge in [0.15, 0.2) is 0 Å². The van der Waals surface area contributed by atoms with Crippen LogP contribution in [0.1, 0.15) is 11.3 Å². The average molecular weight is 226 g/mol. The maximum Gasteiger partial charge on any atom is 0.128 e. The van der Waals surface area contributed by atoms with E-state index in [4.69, 9.17) is 10.5 Å². The highest BCUT2D eigenvalue weighted by molar-refractivity contribution is 5.72. The van der Waals surface area contributed by atoms with Gasteiger partial charge in [-0.1, -0.05) is 6.07 Å². The Morgan fingerprint density at radius 3 is 2.76 bits per heavy atom. The van der Waals surface area contributed by atoms with Crippen molar-refractivity contribution >= 4 is 17.8 Å². The Hall–Kier alpha value is -2.29. The van der Waals surface area contributed by atoms with Crippen molar-refractivity contribution < 1.29 is 4.74 Å². The van der Waals surface area contributed by atoms with Gasteiger partial charge in [0, 0.05) is 23.5 Å². The largest absolute Gasteiger partial charge is 0.496 e. The van der Waals surface area contributed by atoms with Gasteiger partial charge in [-0.25, -0.2) is 0 Å². The SMILES string of the molecule is COc1cc(N)ccc1/C=C/c1ccccn1. The number of pyridine rings is 1. The molecule has 2 N–H and O–H groups in total. The zero-order valence-corrected chi connectivity index (χ0v) is 9.63. The highest BCUT2D eigenvalue weighted by Gasteiger charge is 1.99. The molecule has 3 heteroatoms. The lowest BCUT2D eigenvalue weighted by Crippen LogP contribution is -1.90. The molecule has 0 aliphatic heterocycles. The second-order valence-electron chi connectivity index (χ2n) is 3.59. The number of hydrogen-bond donors (Lipinski definition) is 1. The molecule has 2 rings (SSSR count). The summed E-state index contributed by atoms with van der Waals surface area (Å²) in [6.45, 7) is 0. The van der Waals surface area contributed by atoms with Gasteiger partial charge in [-0.3, -0.25) is 4.98 Å². The third kappa shape index (κ3) is 2.84. The lowest BCUT2D eigenvalue weighted by atomic mass is 10.1. The van der Waals surface area contributed by atoms with E-state index >= 15 is 0 Å². The van der Waals surface area contributed by atoms with Crippen LogP contribution in [0.15, 0.2) is 42.6 Å². The second-order valence-corrected chi connectivity index (χ2v) is 3.59. The number of ether oxygens (including phenoxy) is 1. The highest BCUT2D eigenvalue weighted by Crippen LogP contribution is 2.23. The van der Waals surface area contributed by atoms with E-state index in [0.717, 1.165) is 17.0 Å². The molecule has 86 valence electrons. The normalized spacial score (nSPS) is 10.6. The first-order chi connectivity index (χ1) is 8.29. The van der Waals surface area contributed by atoms with E-state index in [1.165, 1.54) is 0 Å². The number of methoxy groups -OCH3 is 1. The third-order valence-corrected chi connectivity index (χ3v) is 2.38. The van der Waals surface area contributed by atoms with Gasteiger partial charge in [0.25, 0.3) is 0 Å². The van der Waals surface area contributed by atoms with Gasteiger partial charge in [0.2, 0.25) is 0 Å². The van der Waals surface area contributed by atoms with Gasteiger partial charge in [-0.2, -0.15) is 0 Å². The molecular weight excluding hydrogens is 212 g/mol. The topological polar surface area (TPSA) is 48.1 Å². The Morgan fingerprint density at radius 2 is 2.06 bits per heavy atom. The Bertz CT molecular complexity index is 521. The molecular formula is C14H14N2O. The summed E-state index contributed by atoms with van der Waals surface area (Å²) in [7, 11) is 1.63. The maximum atomic E-state index is 5.69. The van der Waals surface area contributed by atoms with Gasteiger partial charge in [-0.15, -0.1) is 0 Å². The van der Waals surface area contributed by atoms with Crippen LogP contribution < -0.4 is 10.5 Å². The van der Waals surface area contributed by atoms with E-state index in [2.05, 4.69) is 4.98 Å². The maximum absolute atomic E-state index is 5.69. The minimum absolute atomic E-state index is 0.692. The predicted octanol–water partition coefficient (Wildman–Crippen LogP) is 2.84. The fourth-order valence-corrected chi connectivity index (χ4v) is 1.52. The first kappa shape index (κ1) is 11.2. The zero-order valence-electron chi connectivity index (χ0n) is 9.63. The molecule has 1 aromatic carbocycles. The van der Waals surface area contributed by atoms with Crippen molar-refractivity contribution in [2.24, 2.45) is 0 Å². The van der Waals surface area contributed by atoms with E-state index in [1.54, 1.807) is 19.4 Å². The summed E-state index contributed by atoms with van der Waals surface area (Å²) in [5.74, 6) is 0.761. The van der Waals surface area contributed by atoms with E-state index in [-0.39, 0.29) is 0 Å². The number of anilines is 1. The molecule has 0 saturated heterocycles. The van der Waals surface area contributed by atoms with Crippen LogP contribution in [0.2, 0.25) is 0 Å². The molecule has 17 heavy (non-hydrogen) atoms. The number of aromatic nitrogens is 1. The molecule has 0 unspecified atom stereocenters. The van der Waals surface area contributed by atoms with Crippen LogP contribution in [-0.2, 0) is 0 Å². The van der Waals surface area contributed by atoms with Gasteiger partial charge in [-0.05, 0) is 36.4 Å². The van der Waals surface area contributed by atoms with Crippen LogP contribution in [0.4, 0.5) is 5.69 Å². The molecule has 0 radical (unpaired) electrons. The second kappa shape index (κ2) is 5.16. The van der Waals surface area contributed by atoms with Gasteiger partial charge >= 0.3 is 0 Å². The Morgan fingerprint density at radius 1 is 1.18 bits per heavy atom. The summed E-state index contributed by atoms with van der Waals surface area (Å²) in [6, 6.07) is 11.4. The molecule has 0 bridgehead atoms. The number of nitrogen functional groups attached to an aromatic ring is 1. The molecule has 0 fully saturated rings. The van der Waals surface area contributed by atoms with Crippen molar-refractivity contribution in [1.82, 2.24) is 4.98 Å². The summed E-state index contributed by atoms with van der Waals surface area (Å²) >= 11 is 0. The molecule has 0 aliphatic rings. The Balaban J connectivity index is 2.27. The first-order valence-corrected chi connectivity index (χ1v) is 5.32. The quantitative estimate of drug-likeness (QED) is 0.819. The summed E-state index contributed by atoms with van der Waals surface area (Å²) in [5.41, 5.74) is 8.27. The highest BCUT2D eigenvalue weighted by atomic mass is 16.5. The molecule has 0 atom stereocenters. The van der Waals surface area contributed by atoms with E-state index < -0.39 is 0 Å². The number of nitrogens with two attached hydrogens (primary N) is 1. The van der Waals surface area contributed by atoms with E-state index in [9.17, 15) is 0 Å². The van der Waals surface area contributed by atoms with E-state index in [1.807, 2.05) is 42.5 Å². The molecule has 0 spiro atoms. The zero-order chi connectivity index (χ0) is 12.1. The van der Waals surface area contributed by atoms with Crippen molar-refractivity contribution in [1.29, 1.82) is 0 Å².